The minimum absolute atomic E-state index is 0.0538. The molecule has 1 fully saturated rings. The number of carbonyl (C=O) groups is 1. The van der Waals surface area contributed by atoms with Crippen molar-refractivity contribution in [2.45, 2.75) is 43.2 Å². The molecule has 1 saturated carbocycles. The number of thioether (sulfide) groups is 1. The quantitative estimate of drug-likeness (QED) is 0.674. The Morgan fingerprint density at radius 2 is 2.05 bits per heavy atom. The summed E-state index contributed by atoms with van der Waals surface area (Å²) in [6.45, 7) is 2.21. The standard InChI is InChI=1S/C16H23NO3S/c1-2-15(12-9-13(19)10-12)17-16(20)11-3-5-14(6-4-11)21-8-7-18/h3-6,12-13,15,18-19H,2,7-10H2,1H3,(H,17,20). The van der Waals surface area contributed by atoms with Gasteiger partial charge in [0.2, 0.25) is 0 Å². The molecule has 5 heteroatoms. The van der Waals surface area contributed by atoms with Crippen molar-refractivity contribution in [1.82, 2.24) is 5.32 Å². The summed E-state index contributed by atoms with van der Waals surface area (Å²) in [7, 11) is 0. The van der Waals surface area contributed by atoms with Gasteiger partial charge in [-0.15, -0.1) is 11.8 Å². The van der Waals surface area contributed by atoms with Crippen molar-refractivity contribution in [1.29, 1.82) is 0 Å². The summed E-state index contributed by atoms with van der Waals surface area (Å²) < 4.78 is 0. The zero-order valence-corrected chi connectivity index (χ0v) is 13.1. The van der Waals surface area contributed by atoms with E-state index < -0.39 is 0 Å². The predicted octanol–water partition coefficient (Wildman–Crippen LogP) is 2.05. The number of rotatable bonds is 7. The van der Waals surface area contributed by atoms with Gasteiger partial charge in [0.25, 0.3) is 5.91 Å². The van der Waals surface area contributed by atoms with Crippen LogP contribution in [-0.2, 0) is 0 Å². The van der Waals surface area contributed by atoms with E-state index in [0.717, 1.165) is 24.2 Å². The molecule has 0 aliphatic heterocycles. The van der Waals surface area contributed by atoms with Crippen LogP contribution < -0.4 is 5.32 Å². The maximum Gasteiger partial charge on any atom is 0.251 e. The Hall–Kier alpha value is -1.04. The second-order valence-electron chi connectivity index (χ2n) is 5.47. The Kier molecular flexibility index (Phi) is 6.08. The van der Waals surface area contributed by atoms with Crippen molar-refractivity contribution < 1.29 is 15.0 Å². The smallest absolute Gasteiger partial charge is 0.251 e. The Balaban J connectivity index is 1.89. The summed E-state index contributed by atoms with van der Waals surface area (Å²) in [5.74, 6) is 1.00. The maximum absolute atomic E-state index is 12.2. The third kappa shape index (κ3) is 4.46. The van der Waals surface area contributed by atoms with Gasteiger partial charge in [0.15, 0.2) is 0 Å². The minimum Gasteiger partial charge on any atom is -0.396 e. The van der Waals surface area contributed by atoms with Crippen molar-refractivity contribution in [3.05, 3.63) is 29.8 Å². The highest BCUT2D eigenvalue weighted by atomic mass is 32.2. The molecular formula is C16H23NO3S. The fourth-order valence-corrected chi connectivity index (χ4v) is 3.28. The SMILES string of the molecule is CCC(NC(=O)c1ccc(SCCO)cc1)C1CC(O)C1. The number of hydrogen-bond donors (Lipinski definition) is 3. The molecule has 0 saturated heterocycles. The van der Waals surface area contributed by atoms with Crippen LogP contribution in [-0.4, -0.2) is 40.6 Å². The van der Waals surface area contributed by atoms with Crippen LogP contribution in [0.3, 0.4) is 0 Å². The molecule has 1 atom stereocenters. The zero-order valence-electron chi connectivity index (χ0n) is 12.3. The van der Waals surface area contributed by atoms with Crippen LogP contribution in [0.1, 0.15) is 36.5 Å². The topological polar surface area (TPSA) is 69.6 Å². The number of benzene rings is 1. The van der Waals surface area contributed by atoms with Crippen molar-refractivity contribution in [2.24, 2.45) is 5.92 Å². The predicted molar refractivity (Wildman–Crippen MR) is 84.5 cm³/mol. The third-order valence-corrected chi connectivity index (χ3v) is 4.94. The normalized spacial score (nSPS) is 22.4. The molecule has 4 nitrogen and oxygen atoms in total. The van der Waals surface area contributed by atoms with Gasteiger partial charge < -0.3 is 15.5 Å². The lowest BCUT2D eigenvalue weighted by Gasteiger charge is -2.37. The molecule has 1 aliphatic carbocycles. The lowest BCUT2D eigenvalue weighted by molar-refractivity contribution is 0.0232. The van der Waals surface area contributed by atoms with Gasteiger partial charge >= 0.3 is 0 Å². The van der Waals surface area contributed by atoms with Gasteiger partial charge in [-0.3, -0.25) is 4.79 Å². The summed E-state index contributed by atoms with van der Waals surface area (Å²) >= 11 is 1.57. The third-order valence-electron chi connectivity index (χ3n) is 3.95. The first-order valence-corrected chi connectivity index (χ1v) is 8.45. The highest BCUT2D eigenvalue weighted by Gasteiger charge is 2.33. The van der Waals surface area contributed by atoms with Gasteiger partial charge in [0, 0.05) is 22.3 Å². The van der Waals surface area contributed by atoms with Crippen LogP contribution in [0, 0.1) is 5.92 Å². The summed E-state index contributed by atoms with van der Waals surface area (Å²) in [5.41, 5.74) is 0.654. The van der Waals surface area contributed by atoms with Gasteiger partial charge in [-0.25, -0.2) is 0 Å². The van der Waals surface area contributed by atoms with E-state index in [1.807, 2.05) is 24.3 Å². The molecule has 0 heterocycles. The second-order valence-corrected chi connectivity index (χ2v) is 6.64. The number of aliphatic hydroxyl groups excluding tert-OH is 2. The van der Waals surface area contributed by atoms with E-state index in [-0.39, 0.29) is 24.7 Å². The zero-order chi connectivity index (χ0) is 15.2. The molecule has 1 aromatic rings. The van der Waals surface area contributed by atoms with E-state index in [2.05, 4.69) is 12.2 Å². The van der Waals surface area contributed by atoms with Crippen molar-refractivity contribution in [3.63, 3.8) is 0 Å². The first kappa shape index (κ1) is 16.3. The van der Waals surface area contributed by atoms with Gasteiger partial charge in [-0.05, 0) is 49.4 Å². The van der Waals surface area contributed by atoms with Crippen LogP contribution >= 0.6 is 11.8 Å². The average Bonchev–Trinajstić information content (AvgIpc) is 2.48. The van der Waals surface area contributed by atoms with E-state index in [1.165, 1.54) is 0 Å². The molecular weight excluding hydrogens is 286 g/mol. The number of amides is 1. The fourth-order valence-electron chi connectivity index (χ4n) is 2.63. The summed E-state index contributed by atoms with van der Waals surface area (Å²) in [6, 6.07) is 7.59. The molecule has 1 aliphatic rings. The van der Waals surface area contributed by atoms with Gasteiger partial charge in [0.1, 0.15) is 0 Å². The van der Waals surface area contributed by atoms with E-state index in [9.17, 15) is 9.90 Å². The number of aliphatic hydroxyl groups is 2. The number of nitrogens with one attached hydrogen (secondary N) is 1. The summed E-state index contributed by atoms with van der Waals surface area (Å²) in [5, 5.41) is 21.2. The van der Waals surface area contributed by atoms with Gasteiger partial charge in [0.05, 0.1) is 12.7 Å². The molecule has 0 radical (unpaired) electrons. The van der Waals surface area contributed by atoms with Crippen LogP contribution in [0.25, 0.3) is 0 Å². The van der Waals surface area contributed by atoms with E-state index in [4.69, 9.17) is 5.11 Å². The van der Waals surface area contributed by atoms with Crippen LogP contribution in [0.2, 0.25) is 0 Å². The molecule has 3 N–H and O–H groups in total. The van der Waals surface area contributed by atoms with E-state index in [1.54, 1.807) is 11.8 Å². The monoisotopic (exact) mass is 309 g/mol. The molecule has 1 unspecified atom stereocenters. The highest BCUT2D eigenvalue weighted by Crippen LogP contribution is 2.31. The lowest BCUT2D eigenvalue weighted by Crippen LogP contribution is -2.46. The highest BCUT2D eigenvalue weighted by molar-refractivity contribution is 7.99. The van der Waals surface area contributed by atoms with Gasteiger partial charge in [-0.1, -0.05) is 6.92 Å². The Bertz CT molecular complexity index is 457. The average molecular weight is 309 g/mol. The molecule has 0 bridgehead atoms. The Morgan fingerprint density at radius 1 is 1.38 bits per heavy atom. The van der Waals surface area contributed by atoms with Crippen molar-refractivity contribution in [2.75, 3.05) is 12.4 Å². The van der Waals surface area contributed by atoms with Crippen molar-refractivity contribution in [3.8, 4) is 0 Å². The molecule has 1 amide bonds. The maximum atomic E-state index is 12.2. The van der Waals surface area contributed by atoms with Gasteiger partial charge in [-0.2, -0.15) is 0 Å². The second kappa shape index (κ2) is 7.82. The van der Waals surface area contributed by atoms with Crippen LogP contribution in [0.15, 0.2) is 29.2 Å². The molecule has 2 rings (SSSR count). The minimum atomic E-state index is -0.191. The summed E-state index contributed by atoms with van der Waals surface area (Å²) in [6.07, 6.45) is 2.27. The van der Waals surface area contributed by atoms with Crippen LogP contribution in [0.4, 0.5) is 0 Å². The first-order valence-electron chi connectivity index (χ1n) is 7.46. The van der Waals surface area contributed by atoms with Crippen molar-refractivity contribution >= 4 is 17.7 Å². The Labute approximate surface area is 129 Å². The largest absolute Gasteiger partial charge is 0.396 e. The number of hydrogen-bond acceptors (Lipinski definition) is 4. The fraction of sp³-hybridized carbons (Fsp3) is 0.562. The Morgan fingerprint density at radius 3 is 2.57 bits per heavy atom. The van der Waals surface area contributed by atoms with Crippen LogP contribution in [0.5, 0.6) is 0 Å². The summed E-state index contributed by atoms with van der Waals surface area (Å²) in [4.78, 5) is 13.3. The molecule has 0 spiro atoms. The molecule has 1 aromatic carbocycles. The van der Waals surface area contributed by atoms with E-state index >= 15 is 0 Å². The molecule has 21 heavy (non-hydrogen) atoms. The first-order chi connectivity index (χ1) is 10.1. The van der Waals surface area contributed by atoms with E-state index in [0.29, 0.717) is 17.2 Å². The lowest BCUT2D eigenvalue weighted by atomic mass is 9.76. The number of carbonyl (C=O) groups excluding carboxylic acids is 1. The molecule has 116 valence electrons. The molecule has 0 aromatic heterocycles.